The number of nitrogens with zero attached hydrogens (tertiary/aromatic N) is 3. The number of carbonyl (C=O) groups is 3. The van der Waals surface area contributed by atoms with Crippen molar-refractivity contribution >= 4 is 23.6 Å². The van der Waals surface area contributed by atoms with Gasteiger partial charge in [0.25, 0.3) is 5.91 Å². The Kier molecular flexibility index (Phi) is 7.44. The smallest absolute Gasteiger partial charge is 0.341 e. The Morgan fingerprint density at radius 1 is 1.25 bits per heavy atom. The standard InChI is InChI=1S/C15H16N4O3.C6H12N2O2/c1-8-2-3-9(14(20)18-10-4-5-10)6-12(8)19-13(16)11(7-17-19)15(21)22;7-6(9)5-8-1-3-10-4-2-8/h2-3,6-7,10H,4-5,16H2,1H3,(H,18,20)(H,21,22);1-5H2,(H2,7,9). The molecule has 4 rings (SSSR count). The largest absolute Gasteiger partial charge is 0.477 e. The second-order valence-corrected chi connectivity index (χ2v) is 7.76. The van der Waals surface area contributed by atoms with E-state index < -0.39 is 5.97 Å². The van der Waals surface area contributed by atoms with Gasteiger partial charge in [0.15, 0.2) is 0 Å². The molecule has 1 saturated carbocycles. The number of ether oxygens (including phenoxy) is 1. The molecule has 11 nitrogen and oxygen atoms in total. The number of carboxylic acid groups (broad SMARTS) is 1. The predicted octanol–water partition coefficient (Wildman–Crippen LogP) is 0.157. The minimum Gasteiger partial charge on any atom is -0.477 e. The Morgan fingerprint density at radius 3 is 2.50 bits per heavy atom. The number of amides is 2. The van der Waals surface area contributed by atoms with E-state index in [0.29, 0.717) is 31.0 Å². The number of benzene rings is 1. The molecule has 1 saturated heterocycles. The van der Waals surface area contributed by atoms with Crippen LogP contribution in [0.5, 0.6) is 0 Å². The molecule has 2 heterocycles. The van der Waals surface area contributed by atoms with Crippen LogP contribution in [0.15, 0.2) is 24.4 Å². The first-order valence-electron chi connectivity index (χ1n) is 10.3. The number of nitrogens with one attached hydrogen (secondary N) is 1. The Morgan fingerprint density at radius 2 is 1.94 bits per heavy atom. The normalized spacial score (nSPS) is 16.0. The number of hydrogen-bond donors (Lipinski definition) is 4. The van der Waals surface area contributed by atoms with Gasteiger partial charge in [0.1, 0.15) is 11.4 Å². The molecule has 0 radical (unpaired) electrons. The summed E-state index contributed by atoms with van der Waals surface area (Å²) in [6.45, 7) is 5.29. The van der Waals surface area contributed by atoms with Crippen molar-refractivity contribution in [3.63, 3.8) is 0 Å². The molecule has 32 heavy (non-hydrogen) atoms. The lowest BCUT2D eigenvalue weighted by atomic mass is 10.1. The van der Waals surface area contributed by atoms with Crippen molar-refractivity contribution in [1.82, 2.24) is 20.0 Å². The topological polar surface area (TPSA) is 166 Å². The van der Waals surface area contributed by atoms with Crippen LogP contribution in [0.2, 0.25) is 0 Å². The summed E-state index contributed by atoms with van der Waals surface area (Å²) in [6, 6.07) is 5.46. The van der Waals surface area contributed by atoms with Gasteiger partial charge in [-0.3, -0.25) is 14.5 Å². The number of carboxylic acids is 1. The van der Waals surface area contributed by atoms with Crippen LogP contribution in [0.1, 0.15) is 39.1 Å². The van der Waals surface area contributed by atoms with Crippen LogP contribution < -0.4 is 16.8 Å². The zero-order chi connectivity index (χ0) is 23.3. The summed E-state index contributed by atoms with van der Waals surface area (Å²) in [5.41, 5.74) is 12.7. The minimum atomic E-state index is -1.14. The number of nitrogens with two attached hydrogens (primary N) is 2. The molecule has 0 spiro atoms. The van der Waals surface area contributed by atoms with Gasteiger partial charge >= 0.3 is 5.97 Å². The highest BCUT2D eigenvalue weighted by molar-refractivity contribution is 5.96. The van der Waals surface area contributed by atoms with Crippen LogP contribution in [0.3, 0.4) is 0 Å². The molecule has 2 amide bonds. The van der Waals surface area contributed by atoms with E-state index in [1.54, 1.807) is 18.2 Å². The number of aryl methyl sites for hydroxylation is 1. The number of anilines is 1. The third-order valence-electron chi connectivity index (χ3n) is 5.13. The molecule has 172 valence electrons. The van der Waals surface area contributed by atoms with Crippen molar-refractivity contribution in [3.05, 3.63) is 41.1 Å². The zero-order valence-electron chi connectivity index (χ0n) is 17.9. The fourth-order valence-electron chi connectivity index (χ4n) is 3.17. The van der Waals surface area contributed by atoms with Crippen molar-refractivity contribution in [3.8, 4) is 5.69 Å². The Balaban J connectivity index is 0.000000243. The maximum absolute atomic E-state index is 12.1. The van der Waals surface area contributed by atoms with E-state index in [-0.39, 0.29) is 29.2 Å². The van der Waals surface area contributed by atoms with Gasteiger partial charge in [0.2, 0.25) is 5.91 Å². The molecule has 6 N–H and O–H groups in total. The van der Waals surface area contributed by atoms with E-state index in [4.69, 9.17) is 21.3 Å². The number of aromatic carboxylic acids is 1. The van der Waals surface area contributed by atoms with E-state index in [0.717, 1.165) is 31.5 Å². The lowest BCUT2D eigenvalue weighted by Crippen LogP contribution is -2.41. The number of aromatic nitrogens is 2. The summed E-state index contributed by atoms with van der Waals surface area (Å²) in [7, 11) is 0. The highest BCUT2D eigenvalue weighted by atomic mass is 16.5. The van der Waals surface area contributed by atoms with Gasteiger partial charge in [-0.05, 0) is 37.5 Å². The van der Waals surface area contributed by atoms with Crippen LogP contribution in [0, 0.1) is 6.92 Å². The van der Waals surface area contributed by atoms with Crippen LogP contribution in [0.25, 0.3) is 5.69 Å². The Labute approximate surface area is 185 Å². The molecular formula is C21H28N6O5. The number of rotatable bonds is 6. The third kappa shape index (κ3) is 6.05. The molecule has 2 fully saturated rings. The quantitative estimate of drug-likeness (QED) is 0.489. The summed E-state index contributed by atoms with van der Waals surface area (Å²) in [5, 5.41) is 16.0. The van der Waals surface area contributed by atoms with E-state index >= 15 is 0 Å². The maximum atomic E-state index is 12.1. The molecule has 2 aliphatic rings. The fraction of sp³-hybridized carbons (Fsp3) is 0.429. The monoisotopic (exact) mass is 444 g/mol. The summed E-state index contributed by atoms with van der Waals surface area (Å²) in [5.74, 6) is -1.51. The molecule has 1 aromatic carbocycles. The fourth-order valence-corrected chi connectivity index (χ4v) is 3.17. The van der Waals surface area contributed by atoms with E-state index in [1.165, 1.54) is 10.9 Å². The van der Waals surface area contributed by atoms with Crippen molar-refractivity contribution in [2.75, 3.05) is 38.6 Å². The molecule has 2 aromatic rings. The summed E-state index contributed by atoms with van der Waals surface area (Å²) >= 11 is 0. The van der Waals surface area contributed by atoms with Crippen LogP contribution in [-0.4, -0.2) is 76.5 Å². The molecule has 1 aliphatic heterocycles. The number of nitrogen functional groups attached to an aromatic ring is 1. The SMILES string of the molecule is Cc1ccc(C(=O)NC2CC2)cc1-n1ncc(C(=O)O)c1N.NC(=O)CN1CCOCC1. The third-order valence-corrected chi connectivity index (χ3v) is 5.13. The van der Waals surface area contributed by atoms with Crippen LogP contribution >= 0.6 is 0 Å². The van der Waals surface area contributed by atoms with Crippen LogP contribution in [-0.2, 0) is 9.53 Å². The predicted molar refractivity (Wildman–Crippen MR) is 117 cm³/mol. The van der Waals surface area contributed by atoms with Crippen molar-refractivity contribution < 1.29 is 24.2 Å². The summed E-state index contributed by atoms with van der Waals surface area (Å²) in [6.07, 6.45) is 3.23. The highest BCUT2D eigenvalue weighted by Crippen LogP contribution is 2.23. The van der Waals surface area contributed by atoms with Crippen LogP contribution in [0.4, 0.5) is 5.82 Å². The molecule has 1 aromatic heterocycles. The lowest BCUT2D eigenvalue weighted by Gasteiger charge is -2.24. The molecular weight excluding hydrogens is 416 g/mol. The Bertz CT molecular complexity index is 995. The van der Waals surface area contributed by atoms with Gasteiger partial charge in [0, 0.05) is 24.7 Å². The second-order valence-electron chi connectivity index (χ2n) is 7.76. The van der Waals surface area contributed by atoms with E-state index in [2.05, 4.69) is 10.4 Å². The molecule has 11 heteroatoms. The van der Waals surface area contributed by atoms with E-state index in [1.807, 2.05) is 11.8 Å². The number of morpholine rings is 1. The Hall–Kier alpha value is -3.44. The van der Waals surface area contributed by atoms with Gasteiger partial charge < -0.3 is 26.6 Å². The van der Waals surface area contributed by atoms with Crippen molar-refractivity contribution in [2.45, 2.75) is 25.8 Å². The molecule has 0 bridgehead atoms. The van der Waals surface area contributed by atoms with Gasteiger partial charge in [-0.15, -0.1) is 0 Å². The first-order chi connectivity index (χ1) is 15.3. The summed E-state index contributed by atoms with van der Waals surface area (Å²) < 4.78 is 6.43. The zero-order valence-corrected chi connectivity index (χ0v) is 17.9. The number of carbonyl (C=O) groups excluding carboxylic acids is 2. The highest BCUT2D eigenvalue weighted by Gasteiger charge is 2.24. The average Bonchev–Trinajstić information content (AvgIpc) is 3.48. The maximum Gasteiger partial charge on any atom is 0.341 e. The van der Waals surface area contributed by atoms with Gasteiger partial charge in [0.05, 0.1) is 31.6 Å². The summed E-state index contributed by atoms with van der Waals surface area (Å²) in [4.78, 5) is 35.6. The van der Waals surface area contributed by atoms with Gasteiger partial charge in [-0.1, -0.05) is 6.07 Å². The first kappa shape index (κ1) is 23.2. The first-order valence-corrected chi connectivity index (χ1v) is 10.3. The second kappa shape index (κ2) is 10.2. The van der Waals surface area contributed by atoms with Gasteiger partial charge in [-0.25, -0.2) is 9.48 Å². The van der Waals surface area contributed by atoms with Crippen molar-refractivity contribution in [1.29, 1.82) is 0 Å². The molecule has 0 atom stereocenters. The number of primary amides is 1. The lowest BCUT2D eigenvalue weighted by molar-refractivity contribution is -0.120. The van der Waals surface area contributed by atoms with Gasteiger partial charge in [-0.2, -0.15) is 5.10 Å². The number of hydrogen-bond acceptors (Lipinski definition) is 7. The van der Waals surface area contributed by atoms with Crippen molar-refractivity contribution in [2.24, 2.45) is 5.73 Å². The van der Waals surface area contributed by atoms with E-state index in [9.17, 15) is 14.4 Å². The molecule has 0 unspecified atom stereocenters. The molecule has 1 aliphatic carbocycles. The average molecular weight is 444 g/mol. The minimum absolute atomic E-state index is 0.0374.